The minimum absolute atomic E-state index is 0.210. The van der Waals surface area contributed by atoms with E-state index in [1.165, 1.54) is 11.1 Å². The fourth-order valence-corrected chi connectivity index (χ4v) is 2.16. The summed E-state index contributed by atoms with van der Waals surface area (Å²) in [6.07, 6.45) is 7.84. The van der Waals surface area contributed by atoms with Crippen LogP contribution in [0.5, 0.6) is 5.75 Å². The second-order valence-corrected chi connectivity index (χ2v) is 4.92. The number of carbonyl (C=O) groups excluding carboxylic acids is 1. The van der Waals surface area contributed by atoms with Gasteiger partial charge in [-0.15, -0.1) is 0 Å². The zero-order chi connectivity index (χ0) is 14.8. The zero-order valence-electron chi connectivity index (χ0n) is 12.5. The van der Waals surface area contributed by atoms with Crippen molar-refractivity contribution in [1.82, 2.24) is 0 Å². The van der Waals surface area contributed by atoms with Crippen LogP contribution < -0.4 is 10.5 Å². The molecule has 0 aromatic heterocycles. The van der Waals surface area contributed by atoms with Crippen molar-refractivity contribution < 1.29 is 9.53 Å². The Balaban J connectivity index is 2.59. The van der Waals surface area contributed by atoms with Gasteiger partial charge in [-0.25, -0.2) is 0 Å². The molecule has 20 heavy (non-hydrogen) atoms. The van der Waals surface area contributed by atoms with Gasteiger partial charge in [0.2, 0.25) is 5.91 Å². The van der Waals surface area contributed by atoms with E-state index in [9.17, 15) is 4.79 Å². The summed E-state index contributed by atoms with van der Waals surface area (Å²) in [7, 11) is 1.68. The Kier molecular flexibility index (Phi) is 7.48. The van der Waals surface area contributed by atoms with Crippen LogP contribution in [0.2, 0.25) is 0 Å². The summed E-state index contributed by atoms with van der Waals surface area (Å²) < 4.78 is 5.18. The molecular weight excluding hydrogens is 250 g/mol. The second kappa shape index (κ2) is 9.18. The largest absolute Gasteiger partial charge is 0.497 e. The van der Waals surface area contributed by atoms with Crippen LogP contribution in [0.1, 0.15) is 51.0 Å². The van der Waals surface area contributed by atoms with Crippen molar-refractivity contribution in [2.45, 2.75) is 45.4 Å². The normalized spacial score (nSPS) is 11.4. The molecule has 0 aliphatic carbocycles. The number of rotatable bonds is 9. The molecule has 0 heterocycles. The number of hydrogen-bond donors (Lipinski definition) is 1. The third kappa shape index (κ3) is 5.91. The van der Waals surface area contributed by atoms with E-state index < -0.39 is 0 Å². The van der Waals surface area contributed by atoms with Crippen LogP contribution >= 0.6 is 0 Å². The van der Waals surface area contributed by atoms with Crippen LogP contribution in [0.3, 0.4) is 0 Å². The number of carbonyl (C=O) groups is 1. The fraction of sp³-hybridized carbons (Fsp3) is 0.471. The van der Waals surface area contributed by atoms with Crippen LogP contribution in [0.15, 0.2) is 30.3 Å². The maximum absolute atomic E-state index is 10.7. The highest BCUT2D eigenvalue weighted by atomic mass is 16.5. The number of amides is 1. The first-order chi connectivity index (χ1) is 9.67. The molecule has 0 aliphatic heterocycles. The lowest BCUT2D eigenvalue weighted by Gasteiger charge is -2.08. The highest BCUT2D eigenvalue weighted by molar-refractivity contribution is 5.73. The molecule has 1 rings (SSSR count). The number of methoxy groups -OCH3 is 1. The van der Waals surface area contributed by atoms with E-state index in [1.54, 1.807) is 7.11 Å². The predicted octanol–water partition coefficient (Wildman–Crippen LogP) is 3.92. The van der Waals surface area contributed by atoms with Gasteiger partial charge in [0.1, 0.15) is 5.75 Å². The predicted molar refractivity (Wildman–Crippen MR) is 83.5 cm³/mol. The van der Waals surface area contributed by atoms with E-state index in [1.807, 2.05) is 12.1 Å². The van der Waals surface area contributed by atoms with E-state index >= 15 is 0 Å². The number of ether oxygens (including phenoxy) is 1. The number of unbranched alkanes of at least 4 members (excludes halogenated alkanes) is 2. The average molecular weight is 275 g/mol. The van der Waals surface area contributed by atoms with Gasteiger partial charge in [0.15, 0.2) is 0 Å². The molecule has 0 aliphatic rings. The van der Waals surface area contributed by atoms with E-state index in [0.29, 0.717) is 6.42 Å². The summed E-state index contributed by atoms with van der Waals surface area (Å²) in [5.41, 5.74) is 7.76. The number of hydrogen-bond acceptors (Lipinski definition) is 2. The number of primary amides is 1. The summed E-state index contributed by atoms with van der Waals surface area (Å²) in [5.74, 6) is 0.670. The average Bonchev–Trinajstić information content (AvgIpc) is 2.45. The number of benzene rings is 1. The van der Waals surface area contributed by atoms with Crippen molar-refractivity contribution in [3.8, 4) is 5.75 Å². The Morgan fingerprint density at radius 2 is 1.90 bits per heavy atom. The molecule has 2 N–H and O–H groups in total. The van der Waals surface area contributed by atoms with E-state index in [0.717, 1.165) is 37.9 Å². The first-order valence-electron chi connectivity index (χ1n) is 7.29. The summed E-state index contributed by atoms with van der Waals surface area (Å²) >= 11 is 0. The van der Waals surface area contributed by atoms with Crippen molar-refractivity contribution in [3.63, 3.8) is 0 Å². The molecule has 110 valence electrons. The van der Waals surface area contributed by atoms with Gasteiger partial charge >= 0.3 is 0 Å². The van der Waals surface area contributed by atoms with Crippen LogP contribution in [0.4, 0.5) is 0 Å². The molecule has 0 bridgehead atoms. The van der Waals surface area contributed by atoms with Gasteiger partial charge in [-0.1, -0.05) is 31.6 Å². The van der Waals surface area contributed by atoms with Crippen LogP contribution in [0.25, 0.3) is 5.57 Å². The third-order valence-electron chi connectivity index (χ3n) is 3.25. The molecule has 3 nitrogen and oxygen atoms in total. The summed E-state index contributed by atoms with van der Waals surface area (Å²) in [5, 5.41) is 0. The van der Waals surface area contributed by atoms with Crippen molar-refractivity contribution in [2.24, 2.45) is 5.73 Å². The lowest BCUT2D eigenvalue weighted by molar-refractivity contribution is -0.118. The van der Waals surface area contributed by atoms with Gasteiger partial charge in [0, 0.05) is 6.42 Å². The molecular formula is C17H25NO2. The highest BCUT2D eigenvalue weighted by Gasteiger charge is 2.01. The molecule has 0 radical (unpaired) electrons. The minimum Gasteiger partial charge on any atom is -0.497 e. The molecule has 1 aromatic rings. The van der Waals surface area contributed by atoms with Crippen molar-refractivity contribution in [1.29, 1.82) is 0 Å². The smallest absolute Gasteiger partial charge is 0.217 e. The van der Waals surface area contributed by atoms with Gasteiger partial charge in [-0.2, -0.15) is 0 Å². The van der Waals surface area contributed by atoms with Crippen molar-refractivity contribution in [2.75, 3.05) is 7.11 Å². The molecule has 1 aromatic carbocycles. The van der Waals surface area contributed by atoms with Gasteiger partial charge in [0.05, 0.1) is 7.11 Å². The maximum Gasteiger partial charge on any atom is 0.217 e. The molecule has 0 saturated carbocycles. The van der Waals surface area contributed by atoms with Crippen LogP contribution in [-0.4, -0.2) is 13.0 Å². The van der Waals surface area contributed by atoms with Crippen molar-refractivity contribution >= 4 is 11.5 Å². The lowest BCUT2D eigenvalue weighted by atomic mass is 9.99. The Bertz CT molecular complexity index is 435. The SMILES string of the molecule is CCC/C(=C/CCCCC(N)=O)c1ccc(OC)cc1. The second-order valence-electron chi connectivity index (χ2n) is 4.92. The third-order valence-corrected chi connectivity index (χ3v) is 3.25. The number of allylic oxidation sites excluding steroid dienone is 2. The monoisotopic (exact) mass is 275 g/mol. The summed E-state index contributed by atoms with van der Waals surface area (Å²) in [6.45, 7) is 2.18. The Labute approximate surface area is 121 Å². The van der Waals surface area contributed by atoms with Crippen molar-refractivity contribution in [3.05, 3.63) is 35.9 Å². The van der Waals surface area contributed by atoms with E-state index in [-0.39, 0.29) is 5.91 Å². The molecule has 0 unspecified atom stereocenters. The molecule has 0 spiro atoms. The Morgan fingerprint density at radius 1 is 1.20 bits per heavy atom. The molecule has 0 saturated heterocycles. The first kappa shape index (κ1) is 16.3. The van der Waals surface area contributed by atoms with Crippen LogP contribution in [-0.2, 0) is 4.79 Å². The van der Waals surface area contributed by atoms with Gasteiger partial charge < -0.3 is 10.5 Å². The first-order valence-corrected chi connectivity index (χ1v) is 7.29. The topological polar surface area (TPSA) is 52.3 Å². The van der Waals surface area contributed by atoms with E-state index in [2.05, 4.69) is 25.1 Å². The molecule has 0 fully saturated rings. The highest BCUT2D eigenvalue weighted by Crippen LogP contribution is 2.23. The summed E-state index contributed by atoms with van der Waals surface area (Å²) in [6, 6.07) is 8.19. The zero-order valence-corrected chi connectivity index (χ0v) is 12.5. The lowest BCUT2D eigenvalue weighted by Crippen LogP contribution is -2.09. The quantitative estimate of drug-likeness (QED) is 0.694. The fourth-order valence-electron chi connectivity index (χ4n) is 2.16. The molecule has 0 atom stereocenters. The Hall–Kier alpha value is -1.77. The van der Waals surface area contributed by atoms with Crippen LogP contribution in [0, 0.1) is 0 Å². The summed E-state index contributed by atoms with van der Waals surface area (Å²) in [4.78, 5) is 10.7. The Morgan fingerprint density at radius 3 is 2.45 bits per heavy atom. The van der Waals surface area contributed by atoms with E-state index in [4.69, 9.17) is 10.5 Å². The van der Waals surface area contributed by atoms with Gasteiger partial charge in [-0.05, 0) is 49.0 Å². The van der Waals surface area contributed by atoms with Gasteiger partial charge in [-0.3, -0.25) is 4.79 Å². The molecule has 1 amide bonds. The standard InChI is InChI=1S/C17H25NO2/c1-3-7-14(8-5-4-6-9-17(18)19)15-10-12-16(20-2)13-11-15/h8,10-13H,3-7,9H2,1-2H3,(H2,18,19)/b14-8-. The molecule has 3 heteroatoms. The minimum atomic E-state index is -0.210. The number of nitrogens with two attached hydrogens (primary N) is 1. The van der Waals surface area contributed by atoms with Gasteiger partial charge in [0.25, 0.3) is 0 Å². The maximum atomic E-state index is 10.7.